The predicted molar refractivity (Wildman–Crippen MR) is 84.0 cm³/mol. The first-order valence-electron chi connectivity index (χ1n) is 7.83. The molecule has 0 N–H and O–H groups in total. The van der Waals surface area contributed by atoms with Gasteiger partial charge in [0.15, 0.2) is 0 Å². The Morgan fingerprint density at radius 2 is 1.00 bits per heavy atom. The molecule has 0 fully saturated rings. The third kappa shape index (κ3) is 6.12. The molecule has 0 aliphatic heterocycles. The van der Waals surface area contributed by atoms with Crippen molar-refractivity contribution < 1.29 is 19.1 Å². The molecule has 2 rings (SSSR count). The minimum absolute atomic E-state index is 0.166. The molecule has 0 saturated carbocycles. The Bertz CT molecular complexity index is 429. The van der Waals surface area contributed by atoms with Crippen LogP contribution < -0.4 is 0 Å². The Morgan fingerprint density at radius 3 is 1.36 bits per heavy atom. The second-order valence-corrected chi connectivity index (χ2v) is 5.36. The van der Waals surface area contributed by atoms with Gasteiger partial charge in [-0.1, -0.05) is 37.1 Å². The van der Waals surface area contributed by atoms with Crippen molar-refractivity contribution >= 4 is 11.9 Å². The summed E-state index contributed by atoms with van der Waals surface area (Å²) in [7, 11) is 0. The Morgan fingerprint density at radius 1 is 0.636 bits per heavy atom. The zero-order valence-electron chi connectivity index (χ0n) is 12.6. The van der Waals surface area contributed by atoms with Crippen LogP contribution in [0.3, 0.4) is 0 Å². The molecule has 0 bridgehead atoms. The summed E-state index contributed by atoms with van der Waals surface area (Å²) >= 11 is 0. The van der Waals surface area contributed by atoms with Crippen molar-refractivity contribution in [1.82, 2.24) is 0 Å². The third-order valence-electron chi connectivity index (χ3n) is 3.47. The molecular formula is C18H22O4. The van der Waals surface area contributed by atoms with Crippen LogP contribution in [0.4, 0.5) is 0 Å². The van der Waals surface area contributed by atoms with Crippen LogP contribution in [-0.2, 0) is 19.1 Å². The van der Waals surface area contributed by atoms with Crippen LogP contribution in [-0.4, -0.2) is 24.1 Å². The lowest BCUT2D eigenvalue weighted by atomic mass is 10.1. The highest BCUT2D eigenvalue weighted by Gasteiger charge is 2.11. The number of allylic oxidation sites excluding steroid dienone is 4. The smallest absolute Gasteiger partial charge is 0.306 e. The van der Waals surface area contributed by atoms with Crippen LogP contribution in [0.1, 0.15) is 38.5 Å². The highest BCUT2D eigenvalue weighted by molar-refractivity contribution is 5.70. The normalized spacial score (nSPS) is 16.5. The average molecular weight is 302 g/mol. The largest absolute Gasteiger partial charge is 0.454 e. The lowest BCUT2D eigenvalue weighted by Gasteiger charge is -2.09. The highest BCUT2D eigenvalue weighted by atomic mass is 16.5. The molecule has 4 heteroatoms. The molecule has 0 aromatic rings. The molecule has 4 nitrogen and oxygen atoms in total. The van der Waals surface area contributed by atoms with Crippen LogP contribution >= 0.6 is 0 Å². The minimum Gasteiger partial charge on any atom is -0.454 e. The van der Waals surface area contributed by atoms with E-state index in [0.717, 1.165) is 25.7 Å². The Kier molecular flexibility index (Phi) is 6.68. The van der Waals surface area contributed by atoms with Gasteiger partial charge in [0, 0.05) is 12.8 Å². The van der Waals surface area contributed by atoms with E-state index in [1.165, 1.54) is 0 Å². The van der Waals surface area contributed by atoms with Crippen LogP contribution in [0.2, 0.25) is 0 Å². The zero-order chi connectivity index (χ0) is 15.6. The topological polar surface area (TPSA) is 52.6 Å². The molecule has 0 unspecified atom stereocenters. The quantitative estimate of drug-likeness (QED) is 0.484. The SMILES string of the molecule is O=C(CCCCCCC(=O)OC1C=CC=C1)OC1C=CC=C1. The van der Waals surface area contributed by atoms with Crippen LogP contribution in [0.15, 0.2) is 48.6 Å². The third-order valence-corrected chi connectivity index (χ3v) is 3.47. The van der Waals surface area contributed by atoms with Crippen molar-refractivity contribution in [3.8, 4) is 0 Å². The van der Waals surface area contributed by atoms with Gasteiger partial charge in [0.25, 0.3) is 0 Å². The summed E-state index contributed by atoms with van der Waals surface area (Å²) in [5.74, 6) is -0.333. The van der Waals surface area contributed by atoms with Gasteiger partial charge in [-0.2, -0.15) is 0 Å². The molecule has 22 heavy (non-hydrogen) atoms. The number of ether oxygens (including phenoxy) is 2. The number of rotatable bonds is 9. The summed E-state index contributed by atoms with van der Waals surface area (Å²) < 4.78 is 10.5. The van der Waals surface area contributed by atoms with Crippen LogP contribution in [0.25, 0.3) is 0 Å². The number of unbranched alkanes of at least 4 members (excludes halogenated alkanes) is 3. The average Bonchev–Trinajstić information content (AvgIpc) is 3.16. The molecule has 118 valence electrons. The van der Waals surface area contributed by atoms with E-state index in [1.807, 2.05) is 48.6 Å². The van der Waals surface area contributed by atoms with Crippen molar-refractivity contribution in [2.24, 2.45) is 0 Å². The number of hydrogen-bond acceptors (Lipinski definition) is 4. The molecule has 0 saturated heterocycles. The Balaban J connectivity index is 1.43. The number of carbonyl (C=O) groups is 2. The van der Waals surface area contributed by atoms with Crippen molar-refractivity contribution in [2.75, 3.05) is 0 Å². The first-order valence-corrected chi connectivity index (χ1v) is 7.83. The van der Waals surface area contributed by atoms with Gasteiger partial charge in [-0.25, -0.2) is 0 Å². The van der Waals surface area contributed by atoms with E-state index >= 15 is 0 Å². The van der Waals surface area contributed by atoms with E-state index < -0.39 is 0 Å². The summed E-state index contributed by atoms with van der Waals surface area (Å²) in [5.41, 5.74) is 0. The fraction of sp³-hybridized carbons (Fsp3) is 0.444. The molecule has 0 radical (unpaired) electrons. The monoisotopic (exact) mass is 302 g/mol. The van der Waals surface area contributed by atoms with E-state index in [9.17, 15) is 9.59 Å². The fourth-order valence-corrected chi connectivity index (χ4v) is 2.29. The van der Waals surface area contributed by atoms with Gasteiger partial charge < -0.3 is 9.47 Å². The molecular weight excluding hydrogens is 280 g/mol. The van der Waals surface area contributed by atoms with E-state index in [0.29, 0.717) is 12.8 Å². The Hall–Kier alpha value is -2.10. The molecule has 0 aromatic carbocycles. The molecule has 0 aromatic heterocycles. The molecule has 2 aliphatic carbocycles. The second-order valence-electron chi connectivity index (χ2n) is 5.36. The summed E-state index contributed by atoms with van der Waals surface area (Å²) in [6.45, 7) is 0. The van der Waals surface area contributed by atoms with Crippen molar-refractivity contribution in [3.63, 3.8) is 0 Å². The van der Waals surface area contributed by atoms with Crippen molar-refractivity contribution in [3.05, 3.63) is 48.6 Å². The summed E-state index contributed by atoms with van der Waals surface area (Å²) in [6.07, 6.45) is 18.8. The lowest BCUT2D eigenvalue weighted by molar-refractivity contribution is -0.146. The van der Waals surface area contributed by atoms with E-state index in [4.69, 9.17) is 9.47 Å². The summed E-state index contributed by atoms with van der Waals surface area (Å²) in [4.78, 5) is 23.1. The first kappa shape index (κ1) is 16.3. The second kappa shape index (κ2) is 9.03. The molecule has 0 amide bonds. The van der Waals surface area contributed by atoms with E-state index in [2.05, 4.69) is 0 Å². The zero-order valence-corrected chi connectivity index (χ0v) is 12.6. The minimum atomic E-state index is -0.194. The standard InChI is InChI=1S/C18H22O4/c19-17(21-15-9-5-6-10-15)13-3-1-2-4-14-18(20)22-16-11-7-8-12-16/h5-12,15-16H,1-4,13-14H2. The Labute approximate surface area is 131 Å². The fourth-order valence-electron chi connectivity index (χ4n) is 2.29. The maximum absolute atomic E-state index is 11.6. The van der Waals surface area contributed by atoms with E-state index in [-0.39, 0.29) is 24.1 Å². The van der Waals surface area contributed by atoms with Crippen molar-refractivity contribution in [1.29, 1.82) is 0 Å². The summed E-state index contributed by atoms with van der Waals surface area (Å²) in [5, 5.41) is 0. The number of hydrogen-bond donors (Lipinski definition) is 0. The maximum Gasteiger partial charge on any atom is 0.306 e. The van der Waals surface area contributed by atoms with Gasteiger partial charge in [0.1, 0.15) is 12.2 Å². The number of carbonyl (C=O) groups excluding carboxylic acids is 2. The van der Waals surface area contributed by atoms with Crippen molar-refractivity contribution in [2.45, 2.75) is 50.7 Å². The number of esters is 2. The van der Waals surface area contributed by atoms with Crippen LogP contribution in [0, 0.1) is 0 Å². The van der Waals surface area contributed by atoms with Gasteiger partial charge in [-0.3, -0.25) is 9.59 Å². The maximum atomic E-state index is 11.6. The molecule has 2 aliphatic rings. The highest BCUT2D eigenvalue weighted by Crippen LogP contribution is 2.11. The molecule has 0 heterocycles. The molecule has 0 atom stereocenters. The van der Waals surface area contributed by atoms with Gasteiger partial charge in [0.05, 0.1) is 0 Å². The van der Waals surface area contributed by atoms with Gasteiger partial charge in [-0.15, -0.1) is 0 Å². The van der Waals surface area contributed by atoms with Gasteiger partial charge in [0.2, 0.25) is 0 Å². The lowest BCUT2D eigenvalue weighted by Crippen LogP contribution is -2.12. The predicted octanol–water partition coefficient (Wildman–Crippen LogP) is 3.40. The first-order chi connectivity index (χ1) is 10.7. The van der Waals surface area contributed by atoms with Gasteiger partial charge >= 0.3 is 11.9 Å². The molecule has 0 spiro atoms. The summed E-state index contributed by atoms with van der Waals surface area (Å²) in [6, 6.07) is 0. The van der Waals surface area contributed by atoms with E-state index in [1.54, 1.807) is 0 Å². The van der Waals surface area contributed by atoms with Gasteiger partial charge in [-0.05, 0) is 37.1 Å². The van der Waals surface area contributed by atoms with Crippen LogP contribution in [0.5, 0.6) is 0 Å².